The molecule has 200 valence electrons. The summed E-state index contributed by atoms with van der Waals surface area (Å²) in [5, 5.41) is 5.03. The standard InChI is InChI=1S/C39H33NO/c1-24(2)33-22-35-36(23-34(33)25(3)4)41-39(40-35)28-20-18-27(19-21-28)38-31-16-10-8-14-29(31)37(26-12-6-5-7-13-26)30-15-9-11-17-32(30)38/h5-25H,1-4H3. The third-order valence-electron chi connectivity index (χ3n) is 8.25. The number of nitrogens with zero attached hydrogens (tertiary/aromatic N) is 1. The second-order valence-electron chi connectivity index (χ2n) is 11.6. The van der Waals surface area contributed by atoms with Crippen LogP contribution in [0.5, 0.6) is 0 Å². The van der Waals surface area contributed by atoms with Gasteiger partial charge in [-0.25, -0.2) is 4.98 Å². The summed E-state index contributed by atoms with van der Waals surface area (Å²) in [4.78, 5) is 4.91. The van der Waals surface area contributed by atoms with E-state index in [0.717, 1.165) is 16.7 Å². The van der Waals surface area contributed by atoms with Crippen LogP contribution in [-0.2, 0) is 0 Å². The molecule has 0 aliphatic heterocycles. The molecule has 0 fully saturated rings. The first-order valence-electron chi connectivity index (χ1n) is 14.5. The van der Waals surface area contributed by atoms with E-state index in [0.29, 0.717) is 17.7 Å². The topological polar surface area (TPSA) is 26.0 Å². The number of rotatable bonds is 5. The molecule has 0 N–H and O–H groups in total. The average molecular weight is 532 g/mol. The Hall–Kier alpha value is -4.69. The second-order valence-corrected chi connectivity index (χ2v) is 11.6. The number of benzene rings is 6. The van der Waals surface area contributed by atoms with E-state index in [4.69, 9.17) is 9.40 Å². The predicted octanol–water partition coefficient (Wildman–Crippen LogP) is 11.4. The summed E-state index contributed by atoms with van der Waals surface area (Å²) in [6, 6.07) is 41.4. The Labute approximate surface area is 241 Å². The first kappa shape index (κ1) is 25.3. The van der Waals surface area contributed by atoms with Crippen LogP contribution >= 0.6 is 0 Å². The minimum absolute atomic E-state index is 0.433. The second kappa shape index (κ2) is 10.1. The third kappa shape index (κ3) is 4.31. The quantitative estimate of drug-likeness (QED) is 0.206. The van der Waals surface area contributed by atoms with Gasteiger partial charge in [-0.05, 0) is 91.0 Å². The van der Waals surface area contributed by atoms with Crippen LogP contribution in [0.15, 0.2) is 120 Å². The lowest BCUT2D eigenvalue weighted by atomic mass is 9.86. The summed E-state index contributed by atoms with van der Waals surface area (Å²) in [7, 11) is 0. The van der Waals surface area contributed by atoms with Crippen molar-refractivity contribution in [3.8, 4) is 33.7 Å². The van der Waals surface area contributed by atoms with Crippen LogP contribution in [0.1, 0.15) is 50.7 Å². The molecule has 6 aromatic carbocycles. The lowest BCUT2D eigenvalue weighted by Crippen LogP contribution is -1.98. The van der Waals surface area contributed by atoms with E-state index in [1.54, 1.807) is 0 Å². The molecule has 0 unspecified atom stereocenters. The number of oxazole rings is 1. The number of hydrogen-bond acceptors (Lipinski definition) is 2. The van der Waals surface area contributed by atoms with E-state index in [1.807, 2.05) is 0 Å². The van der Waals surface area contributed by atoms with Gasteiger partial charge in [-0.1, -0.05) is 119 Å². The molecule has 7 rings (SSSR count). The van der Waals surface area contributed by atoms with Crippen LogP contribution in [0.4, 0.5) is 0 Å². The fourth-order valence-corrected chi connectivity index (χ4v) is 6.26. The van der Waals surface area contributed by atoms with Crippen molar-refractivity contribution in [1.82, 2.24) is 4.98 Å². The number of fused-ring (bicyclic) bond motifs is 3. The lowest BCUT2D eigenvalue weighted by molar-refractivity contribution is 0.618. The van der Waals surface area contributed by atoms with Crippen molar-refractivity contribution in [3.63, 3.8) is 0 Å². The molecule has 0 saturated heterocycles. The molecular weight excluding hydrogens is 498 g/mol. The zero-order chi connectivity index (χ0) is 28.1. The molecule has 0 radical (unpaired) electrons. The maximum absolute atomic E-state index is 6.32. The van der Waals surface area contributed by atoms with Gasteiger partial charge in [0.25, 0.3) is 0 Å². The molecule has 0 amide bonds. The maximum Gasteiger partial charge on any atom is 0.227 e. The summed E-state index contributed by atoms with van der Waals surface area (Å²) in [5.41, 5.74) is 10.4. The highest BCUT2D eigenvalue weighted by Gasteiger charge is 2.18. The van der Waals surface area contributed by atoms with Crippen molar-refractivity contribution < 1.29 is 4.42 Å². The molecule has 2 nitrogen and oxygen atoms in total. The molecule has 0 bridgehead atoms. The molecule has 0 spiro atoms. The van der Waals surface area contributed by atoms with Gasteiger partial charge in [-0.2, -0.15) is 0 Å². The SMILES string of the molecule is CC(C)c1cc2nc(-c3ccc(-c4c5ccccc5c(-c5ccccc5)c5ccccc45)cc3)oc2cc1C(C)C. The van der Waals surface area contributed by atoms with Crippen LogP contribution in [0.2, 0.25) is 0 Å². The molecule has 1 aromatic heterocycles. The Kier molecular flexibility index (Phi) is 6.20. The van der Waals surface area contributed by atoms with Gasteiger partial charge in [0.1, 0.15) is 5.52 Å². The molecule has 1 heterocycles. The molecule has 0 saturated carbocycles. The van der Waals surface area contributed by atoms with Crippen molar-refractivity contribution in [3.05, 3.63) is 126 Å². The third-order valence-corrected chi connectivity index (χ3v) is 8.25. The van der Waals surface area contributed by atoms with E-state index >= 15 is 0 Å². The fourth-order valence-electron chi connectivity index (χ4n) is 6.26. The maximum atomic E-state index is 6.32. The van der Waals surface area contributed by atoms with Crippen molar-refractivity contribution in [2.24, 2.45) is 0 Å². The Morgan fingerprint density at radius 3 is 1.44 bits per heavy atom. The Bertz CT molecular complexity index is 1930. The summed E-state index contributed by atoms with van der Waals surface area (Å²) in [5.74, 6) is 1.54. The average Bonchev–Trinajstić information content (AvgIpc) is 3.43. The van der Waals surface area contributed by atoms with Gasteiger partial charge in [0, 0.05) is 5.56 Å². The molecule has 0 aliphatic carbocycles. The molecule has 41 heavy (non-hydrogen) atoms. The van der Waals surface area contributed by atoms with Gasteiger partial charge in [-0.15, -0.1) is 0 Å². The minimum Gasteiger partial charge on any atom is -0.436 e. The minimum atomic E-state index is 0.433. The number of hydrogen-bond donors (Lipinski definition) is 0. The van der Waals surface area contributed by atoms with Gasteiger partial charge in [-0.3, -0.25) is 0 Å². The normalized spacial score (nSPS) is 11.9. The predicted molar refractivity (Wildman–Crippen MR) is 174 cm³/mol. The zero-order valence-electron chi connectivity index (χ0n) is 24.0. The first-order chi connectivity index (χ1) is 20.0. The van der Waals surface area contributed by atoms with Crippen LogP contribution in [-0.4, -0.2) is 4.98 Å². The fraction of sp³-hybridized carbons (Fsp3) is 0.154. The van der Waals surface area contributed by atoms with E-state index in [1.165, 1.54) is 54.9 Å². The highest BCUT2D eigenvalue weighted by Crippen LogP contribution is 2.44. The van der Waals surface area contributed by atoms with Crippen molar-refractivity contribution in [2.45, 2.75) is 39.5 Å². The largest absolute Gasteiger partial charge is 0.436 e. The summed E-state index contributed by atoms with van der Waals surface area (Å²) in [6.45, 7) is 8.96. The van der Waals surface area contributed by atoms with E-state index in [9.17, 15) is 0 Å². The van der Waals surface area contributed by atoms with Crippen molar-refractivity contribution in [2.75, 3.05) is 0 Å². The highest BCUT2D eigenvalue weighted by molar-refractivity contribution is 6.21. The zero-order valence-corrected chi connectivity index (χ0v) is 24.0. The lowest BCUT2D eigenvalue weighted by Gasteiger charge is -2.17. The monoisotopic (exact) mass is 531 g/mol. The summed E-state index contributed by atoms with van der Waals surface area (Å²) in [6.07, 6.45) is 0. The number of aromatic nitrogens is 1. The Balaban J connectivity index is 1.38. The molecule has 0 aliphatic rings. The van der Waals surface area contributed by atoms with Gasteiger partial charge >= 0.3 is 0 Å². The molecule has 7 aromatic rings. The molecule has 2 heteroatoms. The van der Waals surface area contributed by atoms with Crippen LogP contribution < -0.4 is 0 Å². The first-order valence-corrected chi connectivity index (χ1v) is 14.5. The summed E-state index contributed by atoms with van der Waals surface area (Å²) >= 11 is 0. The highest BCUT2D eigenvalue weighted by atomic mass is 16.3. The van der Waals surface area contributed by atoms with E-state index < -0.39 is 0 Å². The Morgan fingerprint density at radius 1 is 0.488 bits per heavy atom. The van der Waals surface area contributed by atoms with Gasteiger partial charge in [0.05, 0.1) is 0 Å². The van der Waals surface area contributed by atoms with Gasteiger partial charge in [0.2, 0.25) is 5.89 Å². The van der Waals surface area contributed by atoms with Gasteiger partial charge in [0.15, 0.2) is 5.58 Å². The Morgan fingerprint density at radius 2 is 0.927 bits per heavy atom. The summed E-state index contributed by atoms with van der Waals surface area (Å²) < 4.78 is 6.32. The smallest absolute Gasteiger partial charge is 0.227 e. The van der Waals surface area contributed by atoms with Crippen LogP contribution in [0.25, 0.3) is 66.4 Å². The van der Waals surface area contributed by atoms with Crippen molar-refractivity contribution >= 4 is 32.6 Å². The van der Waals surface area contributed by atoms with Crippen LogP contribution in [0.3, 0.4) is 0 Å². The van der Waals surface area contributed by atoms with E-state index in [-0.39, 0.29) is 0 Å². The van der Waals surface area contributed by atoms with Crippen LogP contribution in [0, 0.1) is 0 Å². The van der Waals surface area contributed by atoms with Crippen molar-refractivity contribution in [1.29, 1.82) is 0 Å². The van der Waals surface area contributed by atoms with E-state index in [2.05, 4.69) is 143 Å². The molecule has 0 atom stereocenters. The molecular formula is C39H33NO. The van der Waals surface area contributed by atoms with Gasteiger partial charge < -0.3 is 4.42 Å².